The fourth-order valence-electron chi connectivity index (χ4n) is 2.56. The van der Waals surface area contributed by atoms with Gasteiger partial charge in [-0.2, -0.15) is 5.26 Å². The molecule has 1 N–H and O–H groups in total. The van der Waals surface area contributed by atoms with Crippen LogP contribution < -0.4 is 5.32 Å². The number of thiazole rings is 1. The summed E-state index contributed by atoms with van der Waals surface area (Å²) < 4.78 is 0. The van der Waals surface area contributed by atoms with Gasteiger partial charge in [-0.25, -0.2) is 4.98 Å². The Morgan fingerprint density at radius 2 is 1.76 bits per heavy atom. The molecule has 0 aliphatic heterocycles. The summed E-state index contributed by atoms with van der Waals surface area (Å²) in [5.74, 6) is -0.234. The average molecular weight is 347 g/mol. The summed E-state index contributed by atoms with van der Waals surface area (Å²) in [5, 5.41) is 14.1. The summed E-state index contributed by atoms with van der Waals surface area (Å²) in [7, 11) is 0. The number of hydrogen-bond donors (Lipinski definition) is 1. The molecule has 0 bridgehead atoms. The van der Waals surface area contributed by atoms with E-state index in [0.29, 0.717) is 16.3 Å². The van der Waals surface area contributed by atoms with E-state index in [9.17, 15) is 4.79 Å². The second-order valence-corrected chi connectivity index (χ2v) is 6.79. The van der Waals surface area contributed by atoms with Gasteiger partial charge in [-0.1, -0.05) is 6.07 Å². The minimum absolute atomic E-state index is 0.234. The van der Waals surface area contributed by atoms with Crippen molar-refractivity contribution in [3.8, 4) is 17.3 Å². The molecule has 0 radical (unpaired) electrons. The van der Waals surface area contributed by atoms with Crippen molar-refractivity contribution in [1.82, 2.24) is 4.98 Å². The Hall–Kier alpha value is -2.97. The van der Waals surface area contributed by atoms with Crippen LogP contribution in [0, 0.1) is 32.1 Å². The lowest BCUT2D eigenvalue weighted by Crippen LogP contribution is -2.11. The van der Waals surface area contributed by atoms with Crippen molar-refractivity contribution in [2.75, 3.05) is 5.32 Å². The van der Waals surface area contributed by atoms with Crippen LogP contribution in [0.4, 0.5) is 5.13 Å². The third-order valence-corrected chi connectivity index (χ3v) is 4.88. The molecule has 0 spiro atoms. The van der Waals surface area contributed by atoms with Crippen molar-refractivity contribution in [1.29, 1.82) is 5.26 Å². The Morgan fingerprint density at radius 1 is 1.08 bits per heavy atom. The van der Waals surface area contributed by atoms with Crippen molar-refractivity contribution < 1.29 is 4.79 Å². The third kappa shape index (κ3) is 3.59. The first-order valence-corrected chi connectivity index (χ1v) is 8.71. The highest BCUT2D eigenvalue weighted by Crippen LogP contribution is 2.29. The lowest BCUT2D eigenvalue weighted by molar-refractivity contribution is 0.102. The second-order valence-electron chi connectivity index (χ2n) is 5.93. The molecule has 124 valence electrons. The molecule has 0 aliphatic carbocycles. The fraction of sp³-hybridized carbons (Fsp3) is 0.150. The van der Waals surface area contributed by atoms with E-state index in [2.05, 4.69) is 43.2 Å². The zero-order valence-corrected chi connectivity index (χ0v) is 15.1. The van der Waals surface area contributed by atoms with Gasteiger partial charge in [0, 0.05) is 16.5 Å². The van der Waals surface area contributed by atoms with Crippen molar-refractivity contribution in [3.05, 3.63) is 69.6 Å². The van der Waals surface area contributed by atoms with E-state index in [1.165, 1.54) is 28.0 Å². The van der Waals surface area contributed by atoms with Gasteiger partial charge in [0.15, 0.2) is 5.13 Å². The van der Waals surface area contributed by atoms with E-state index in [-0.39, 0.29) is 5.91 Å². The molecule has 5 heteroatoms. The number of nitrogens with zero attached hydrogens (tertiary/aromatic N) is 2. The lowest BCUT2D eigenvalue weighted by Gasteiger charge is -2.07. The molecule has 3 aromatic rings. The van der Waals surface area contributed by atoms with Crippen LogP contribution in [-0.2, 0) is 0 Å². The third-order valence-electron chi connectivity index (χ3n) is 4.12. The molecule has 0 saturated heterocycles. The molecule has 0 saturated carbocycles. The highest BCUT2D eigenvalue weighted by molar-refractivity contribution is 7.14. The predicted molar refractivity (Wildman–Crippen MR) is 101 cm³/mol. The number of carbonyl (C=O) groups is 1. The Bertz CT molecular complexity index is 981. The molecule has 0 atom stereocenters. The quantitative estimate of drug-likeness (QED) is 0.736. The lowest BCUT2D eigenvalue weighted by atomic mass is 9.99. The van der Waals surface area contributed by atoms with E-state index in [1.54, 1.807) is 24.3 Å². The molecule has 2 aromatic carbocycles. The van der Waals surface area contributed by atoms with Crippen LogP contribution in [-0.4, -0.2) is 10.9 Å². The predicted octanol–water partition coefficient (Wildman–Crippen LogP) is 4.86. The largest absolute Gasteiger partial charge is 0.298 e. The van der Waals surface area contributed by atoms with Gasteiger partial charge in [-0.15, -0.1) is 11.3 Å². The molecule has 4 nitrogen and oxygen atoms in total. The first kappa shape index (κ1) is 16.9. The number of nitriles is 1. The molecule has 1 aromatic heterocycles. The van der Waals surface area contributed by atoms with Crippen LogP contribution in [0.5, 0.6) is 0 Å². The van der Waals surface area contributed by atoms with Crippen LogP contribution in [0.3, 0.4) is 0 Å². The number of benzene rings is 2. The van der Waals surface area contributed by atoms with Crippen molar-refractivity contribution in [2.45, 2.75) is 20.8 Å². The number of aromatic nitrogens is 1. The number of hydrogen-bond acceptors (Lipinski definition) is 4. The molecular weight excluding hydrogens is 330 g/mol. The van der Waals surface area contributed by atoms with Crippen LogP contribution in [0.2, 0.25) is 0 Å². The summed E-state index contributed by atoms with van der Waals surface area (Å²) in [6.45, 7) is 6.24. The number of carbonyl (C=O) groups excluding carboxylic acids is 1. The summed E-state index contributed by atoms with van der Waals surface area (Å²) in [4.78, 5) is 16.8. The Morgan fingerprint density at radius 3 is 2.44 bits per heavy atom. The summed E-state index contributed by atoms with van der Waals surface area (Å²) in [6.07, 6.45) is 0. The van der Waals surface area contributed by atoms with Crippen LogP contribution in [0.25, 0.3) is 11.3 Å². The molecule has 3 rings (SSSR count). The number of rotatable bonds is 3. The highest BCUT2D eigenvalue weighted by atomic mass is 32.1. The van der Waals surface area contributed by atoms with Crippen LogP contribution in [0.1, 0.15) is 32.6 Å². The number of aryl methyl sites for hydroxylation is 3. The maximum Gasteiger partial charge on any atom is 0.257 e. The zero-order valence-electron chi connectivity index (χ0n) is 14.3. The van der Waals surface area contributed by atoms with Crippen molar-refractivity contribution in [3.63, 3.8) is 0 Å². The van der Waals surface area contributed by atoms with Gasteiger partial charge in [-0.05, 0) is 67.8 Å². The average Bonchev–Trinajstić information content (AvgIpc) is 3.06. The highest BCUT2D eigenvalue weighted by Gasteiger charge is 2.12. The maximum absolute atomic E-state index is 12.3. The zero-order chi connectivity index (χ0) is 18.0. The summed E-state index contributed by atoms with van der Waals surface area (Å²) in [6, 6.07) is 12.8. The van der Waals surface area contributed by atoms with E-state index in [4.69, 9.17) is 5.26 Å². The monoisotopic (exact) mass is 347 g/mol. The molecule has 25 heavy (non-hydrogen) atoms. The Balaban J connectivity index is 1.81. The van der Waals surface area contributed by atoms with Crippen LogP contribution in [0.15, 0.2) is 41.8 Å². The minimum Gasteiger partial charge on any atom is -0.298 e. The summed E-state index contributed by atoms with van der Waals surface area (Å²) in [5.41, 5.74) is 6.61. The topological polar surface area (TPSA) is 65.8 Å². The van der Waals surface area contributed by atoms with E-state index >= 15 is 0 Å². The SMILES string of the molecule is Cc1cc(C)c(-c2csc(NC(=O)c3ccc(C#N)cc3)n2)cc1C. The Labute approximate surface area is 150 Å². The van der Waals surface area contributed by atoms with Gasteiger partial charge in [0.2, 0.25) is 0 Å². The first-order chi connectivity index (χ1) is 12.0. The van der Waals surface area contributed by atoms with E-state index < -0.39 is 0 Å². The number of amides is 1. The summed E-state index contributed by atoms with van der Waals surface area (Å²) >= 11 is 1.40. The van der Waals surface area contributed by atoms with Gasteiger partial charge >= 0.3 is 0 Å². The Kier molecular flexibility index (Phi) is 4.64. The van der Waals surface area contributed by atoms with Gasteiger partial charge < -0.3 is 0 Å². The van der Waals surface area contributed by atoms with Crippen LogP contribution >= 0.6 is 11.3 Å². The minimum atomic E-state index is -0.234. The van der Waals surface area contributed by atoms with Gasteiger partial charge in [0.25, 0.3) is 5.91 Å². The number of nitrogens with one attached hydrogen (secondary N) is 1. The van der Waals surface area contributed by atoms with Gasteiger partial charge in [0.1, 0.15) is 0 Å². The van der Waals surface area contributed by atoms with Gasteiger partial charge in [-0.3, -0.25) is 10.1 Å². The molecule has 0 fully saturated rings. The maximum atomic E-state index is 12.3. The smallest absolute Gasteiger partial charge is 0.257 e. The standard InChI is InChI=1S/C20H17N3OS/c1-12-8-14(3)17(9-13(12)2)18-11-25-20(22-18)23-19(24)16-6-4-15(10-21)5-7-16/h4-9,11H,1-3H3,(H,22,23,24). The van der Waals surface area contributed by atoms with Crippen molar-refractivity contribution in [2.24, 2.45) is 0 Å². The molecule has 1 amide bonds. The molecule has 0 aliphatic rings. The molecule has 1 heterocycles. The van der Waals surface area contributed by atoms with E-state index in [0.717, 1.165) is 11.3 Å². The molecular formula is C20H17N3OS. The second kappa shape index (κ2) is 6.88. The van der Waals surface area contributed by atoms with Crippen molar-refractivity contribution >= 4 is 22.4 Å². The van der Waals surface area contributed by atoms with E-state index in [1.807, 2.05) is 11.4 Å². The normalized spacial score (nSPS) is 10.3. The van der Waals surface area contributed by atoms with Gasteiger partial charge in [0.05, 0.1) is 17.3 Å². The molecule has 0 unspecified atom stereocenters. The fourth-order valence-corrected chi connectivity index (χ4v) is 3.26. The first-order valence-electron chi connectivity index (χ1n) is 7.83. The number of anilines is 1.